The number of hydrogen-bond acceptors (Lipinski definition) is 3. The van der Waals surface area contributed by atoms with Gasteiger partial charge in [0.1, 0.15) is 0 Å². The molecule has 2 aromatic rings. The van der Waals surface area contributed by atoms with Gasteiger partial charge in [-0.25, -0.2) is 0 Å². The Kier molecular flexibility index (Phi) is 3.08. The van der Waals surface area contributed by atoms with Crippen LogP contribution in [0.25, 0.3) is 11.1 Å². The molecule has 1 amide bonds. The zero-order chi connectivity index (χ0) is 14.1. The second-order valence-corrected chi connectivity index (χ2v) is 4.44. The molecule has 1 heterocycles. The van der Waals surface area contributed by atoms with Crippen molar-refractivity contribution < 1.29 is 14.4 Å². The molecule has 0 aromatic heterocycles. The first-order valence-corrected chi connectivity index (χ1v) is 6.43. The lowest BCUT2D eigenvalue weighted by atomic mass is 10.0. The summed E-state index contributed by atoms with van der Waals surface area (Å²) in [5, 5.41) is 1.08. The first kappa shape index (κ1) is 12.6. The normalized spacial score (nSPS) is 13.8. The molecule has 0 N–H and O–H groups in total. The number of carbonyl (C=O) groups excluding carboxylic acids is 2. The predicted octanol–water partition coefficient (Wildman–Crippen LogP) is 2.83. The van der Waals surface area contributed by atoms with Crippen LogP contribution < -0.4 is 5.06 Å². The number of amides is 1. The van der Waals surface area contributed by atoms with Crippen LogP contribution in [0.2, 0.25) is 0 Å². The summed E-state index contributed by atoms with van der Waals surface area (Å²) in [4.78, 5) is 29.1. The van der Waals surface area contributed by atoms with E-state index in [1.54, 1.807) is 19.1 Å². The average Bonchev–Trinajstić information content (AvgIpc) is 2.73. The molecule has 0 saturated heterocycles. The summed E-state index contributed by atoms with van der Waals surface area (Å²) in [7, 11) is 0. The van der Waals surface area contributed by atoms with Gasteiger partial charge in [-0.05, 0) is 30.2 Å². The average molecular weight is 267 g/mol. The van der Waals surface area contributed by atoms with E-state index in [-0.39, 0.29) is 0 Å². The van der Waals surface area contributed by atoms with Crippen LogP contribution in [0.1, 0.15) is 17.3 Å². The third-order valence-electron chi connectivity index (χ3n) is 3.20. The van der Waals surface area contributed by atoms with Crippen molar-refractivity contribution in [2.24, 2.45) is 0 Å². The quantitative estimate of drug-likeness (QED) is 0.803. The second kappa shape index (κ2) is 4.90. The molecule has 0 bridgehead atoms. The van der Waals surface area contributed by atoms with Crippen molar-refractivity contribution in [3.63, 3.8) is 0 Å². The van der Waals surface area contributed by atoms with Crippen molar-refractivity contribution >= 4 is 17.4 Å². The van der Waals surface area contributed by atoms with Gasteiger partial charge in [-0.1, -0.05) is 36.4 Å². The molecule has 0 saturated carbocycles. The fraction of sp³-hybridized carbons (Fsp3) is 0.125. The highest BCUT2D eigenvalue weighted by Gasteiger charge is 2.37. The Morgan fingerprint density at radius 1 is 1.00 bits per heavy atom. The molecule has 0 spiro atoms. The van der Waals surface area contributed by atoms with Crippen LogP contribution in [-0.4, -0.2) is 18.3 Å². The summed E-state index contributed by atoms with van der Waals surface area (Å²) >= 11 is 0. The Labute approximate surface area is 116 Å². The zero-order valence-corrected chi connectivity index (χ0v) is 11.0. The fourth-order valence-corrected chi connectivity index (χ4v) is 2.28. The molecule has 0 aliphatic carbocycles. The summed E-state index contributed by atoms with van der Waals surface area (Å²) in [5.74, 6) is -1.15. The molecule has 2 aromatic carbocycles. The van der Waals surface area contributed by atoms with Crippen LogP contribution >= 0.6 is 0 Å². The van der Waals surface area contributed by atoms with Crippen molar-refractivity contribution in [1.29, 1.82) is 0 Å². The SMILES string of the molecule is CCON1C(=O)C(=O)c2cc(-c3ccccc3)ccc21. The maximum atomic E-state index is 12.0. The van der Waals surface area contributed by atoms with E-state index in [1.165, 1.54) is 0 Å². The molecule has 3 rings (SSSR count). The maximum Gasteiger partial charge on any atom is 0.323 e. The largest absolute Gasteiger partial charge is 0.323 e. The van der Waals surface area contributed by atoms with Gasteiger partial charge in [-0.3, -0.25) is 14.4 Å². The number of hydroxylamine groups is 1. The van der Waals surface area contributed by atoms with Gasteiger partial charge in [-0.2, -0.15) is 5.06 Å². The van der Waals surface area contributed by atoms with E-state index in [2.05, 4.69) is 0 Å². The third kappa shape index (κ3) is 1.90. The van der Waals surface area contributed by atoms with E-state index in [4.69, 9.17) is 4.84 Å². The number of nitrogens with zero attached hydrogens (tertiary/aromatic N) is 1. The van der Waals surface area contributed by atoms with E-state index >= 15 is 0 Å². The molecule has 0 radical (unpaired) electrons. The van der Waals surface area contributed by atoms with E-state index in [1.807, 2.05) is 36.4 Å². The lowest BCUT2D eigenvalue weighted by Crippen LogP contribution is -2.29. The summed E-state index contributed by atoms with van der Waals surface area (Å²) in [6.45, 7) is 2.10. The Morgan fingerprint density at radius 3 is 2.45 bits per heavy atom. The molecular weight excluding hydrogens is 254 g/mol. The first-order valence-electron chi connectivity index (χ1n) is 6.43. The van der Waals surface area contributed by atoms with E-state index in [0.29, 0.717) is 17.9 Å². The number of anilines is 1. The highest BCUT2D eigenvalue weighted by Crippen LogP contribution is 2.33. The van der Waals surface area contributed by atoms with Crippen molar-refractivity contribution in [3.05, 3.63) is 54.1 Å². The maximum absolute atomic E-state index is 12.0. The van der Waals surface area contributed by atoms with Gasteiger partial charge in [0.05, 0.1) is 17.9 Å². The molecule has 0 unspecified atom stereocenters. The molecule has 4 heteroatoms. The molecule has 0 atom stereocenters. The summed E-state index contributed by atoms with van der Waals surface area (Å²) < 4.78 is 0. The van der Waals surface area contributed by atoms with Crippen LogP contribution in [-0.2, 0) is 9.63 Å². The van der Waals surface area contributed by atoms with Crippen LogP contribution in [0.4, 0.5) is 5.69 Å². The van der Waals surface area contributed by atoms with E-state index < -0.39 is 11.7 Å². The minimum absolute atomic E-state index is 0.332. The van der Waals surface area contributed by atoms with Crippen molar-refractivity contribution in [2.45, 2.75) is 6.92 Å². The van der Waals surface area contributed by atoms with Gasteiger partial charge >= 0.3 is 5.91 Å². The lowest BCUT2D eigenvalue weighted by Gasteiger charge is -2.14. The van der Waals surface area contributed by atoms with Crippen LogP contribution in [0.5, 0.6) is 0 Å². The zero-order valence-electron chi connectivity index (χ0n) is 11.0. The Bertz CT molecular complexity index is 679. The van der Waals surface area contributed by atoms with Crippen molar-refractivity contribution in [3.8, 4) is 11.1 Å². The number of Topliss-reactive ketones (excluding diaryl/α,β-unsaturated/α-hetero) is 1. The van der Waals surface area contributed by atoms with Crippen LogP contribution in [0.15, 0.2) is 48.5 Å². The van der Waals surface area contributed by atoms with E-state index in [0.717, 1.165) is 16.2 Å². The number of carbonyl (C=O) groups is 2. The standard InChI is InChI=1S/C16H13NO3/c1-2-20-17-14-9-8-12(11-6-4-3-5-7-11)10-13(14)15(18)16(17)19/h3-10H,2H2,1H3. The van der Waals surface area contributed by atoms with Crippen molar-refractivity contribution in [1.82, 2.24) is 0 Å². The topological polar surface area (TPSA) is 46.6 Å². The summed E-state index contributed by atoms with van der Waals surface area (Å²) in [5.41, 5.74) is 2.82. The Morgan fingerprint density at radius 2 is 1.75 bits per heavy atom. The molecule has 0 fully saturated rings. The fourth-order valence-electron chi connectivity index (χ4n) is 2.28. The van der Waals surface area contributed by atoms with Crippen molar-refractivity contribution in [2.75, 3.05) is 11.7 Å². The van der Waals surface area contributed by atoms with Gasteiger partial charge < -0.3 is 0 Å². The predicted molar refractivity (Wildman–Crippen MR) is 75.3 cm³/mol. The molecule has 4 nitrogen and oxygen atoms in total. The minimum Gasteiger partial charge on any atom is -0.283 e. The first-order chi connectivity index (χ1) is 9.72. The highest BCUT2D eigenvalue weighted by atomic mass is 16.7. The summed E-state index contributed by atoms with van der Waals surface area (Å²) in [6, 6.07) is 15.1. The van der Waals surface area contributed by atoms with Crippen LogP contribution in [0, 0.1) is 0 Å². The molecular formula is C16H13NO3. The summed E-state index contributed by atoms with van der Waals surface area (Å²) in [6.07, 6.45) is 0. The van der Waals surface area contributed by atoms with Gasteiger partial charge in [0.2, 0.25) is 0 Å². The van der Waals surface area contributed by atoms with Crippen LogP contribution in [0.3, 0.4) is 0 Å². The highest BCUT2D eigenvalue weighted by molar-refractivity contribution is 6.51. The second-order valence-electron chi connectivity index (χ2n) is 4.44. The smallest absolute Gasteiger partial charge is 0.283 e. The van der Waals surface area contributed by atoms with Gasteiger partial charge in [0.25, 0.3) is 5.78 Å². The number of benzene rings is 2. The number of hydrogen-bond donors (Lipinski definition) is 0. The van der Waals surface area contributed by atoms with Gasteiger partial charge in [-0.15, -0.1) is 0 Å². The van der Waals surface area contributed by atoms with Gasteiger partial charge in [0.15, 0.2) is 0 Å². The Hall–Kier alpha value is -2.46. The molecule has 100 valence electrons. The van der Waals surface area contributed by atoms with E-state index in [9.17, 15) is 9.59 Å². The monoisotopic (exact) mass is 267 g/mol. The molecule has 20 heavy (non-hydrogen) atoms. The lowest BCUT2D eigenvalue weighted by molar-refractivity contribution is -0.120. The molecule has 1 aliphatic heterocycles. The van der Waals surface area contributed by atoms with Gasteiger partial charge in [0, 0.05) is 0 Å². The number of rotatable bonds is 3. The number of ketones is 1. The third-order valence-corrected chi connectivity index (χ3v) is 3.20. The number of fused-ring (bicyclic) bond motifs is 1. The minimum atomic E-state index is -0.632. The molecule has 1 aliphatic rings. The Balaban J connectivity index is 2.07.